The number of rotatable bonds is 3. The molecule has 2 aliphatic heterocycles. The first-order chi connectivity index (χ1) is 16.9. The topological polar surface area (TPSA) is 83.9 Å². The van der Waals surface area contributed by atoms with Crippen molar-refractivity contribution in [2.24, 2.45) is 5.92 Å². The van der Waals surface area contributed by atoms with E-state index in [0.29, 0.717) is 23.9 Å². The summed E-state index contributed by atoms with van der Waals surface area (Å²) in [6.45, 7) is 11.2. The molecule has 6 rings (SSSR count). The Morgan fingerprint density at radius 1 is 1.00 bits per heavy atom. The fourth-order valence-corrected chi connectivity index (χ4v) is 5.76. The van der Waals surface area contributed by atoms with Crippen LogP contribution in [-0.2, 0) is 0 Å². The van der Waals surface area contributed by atoms with Gasteiger partial charge in [-0.3, -0.25) is 9.20 Å². The van der Waals surface area contributed by atoms with Gasteiger partial charge >= 0.3 is 0 Å². The Balaban J connectivity index is 1.35. The molecule has 0 N–H and O–H groups in total. The van der Waals surface area contributed by atoms with Crippen LogP contribution in [-0.4, -0.2) is 59.6 Å². The van der Waals surface area contributed by atoms with E-state index in [9.17, 15) is 4.79 Å². The first-order valence-electron chi connectivity index (χ1n) is 12.6. The van der Waals surface area contributed by atoms with Gasteiger partial charge in [-0.1, -0.05) is 6.92 Å². The van der Waals surface area contributed by atoms with Crippen molar-refractivity contribution < 1.29 is 4.79 Å². The minimum atomic E-state index is -0.105. The smallest absolute Gasteiger partial charge is 0.292 e. The maximum atomic E-state index is 13.8. The summed E-state index contributed by atoms with van der Waals surface area (Å²) < 4.78 is 3.73. The second kappa shape index (κ2) is 8.32. The predicted octanol–water partition coefficient (Wildman–Crippen LogP) is 3.91. The molecule has 2 atom stereocenters. The van der Waals surface area contributed by atoms with Gasteiger partial charge in [-0.15, -0.1) is 10.2 Å². The largest absolute Gasteiger partial charge is 0.356 e. The lowest BCUT2D eigenvalue weighted by Crippen LogP contribution is -2.39. The second-order valence-electron chi connectivity index (χ2n) is 10.4. The molecule has 9 heteroatoms. The molecule has 6 heterocycles. The molecule has 35 heavy (non-hydrogen) atoms. The van der Waals surface area contributed by atoms with E-state index in [1.807, 2.05) is 33.7 Å². The van der Waals surface area contributed by atoms with Crippen LogP contribution in [0, 0.1) is 26.7 Å². The highest BCUT2D eigenvalue weighted by molar-refractivity contribution is 5.92. The van der Waals surface area contributed by atoms with Gasteiger partial charge < -0.3 is 9.80 Å². The van der Waals surface area contributed by atoms with Crippen LogP contribution in [0.1, 0.15) is 71.8 Å². The molecule has 4 aromatic heterocycles. The molecule has 2 fully saturated rings. The van der Waals surface area contributed by atoms with Crippen molar-refractivity contribution in [3.05, 3.63) is 52.7 Å². The van der Waals surface area contributed by atoms with Gasteiger partial charge in [-0.25, -0.2) is 9.50 Å². The van der Waals surface area contributed by atoms with Crippen LogP contribution in [0.25, 0.3) is 11.3 Å². The zero-order chi connectivity index (χ0) is 24.3. The number of hydrogen-bond acceptors (Lipinski definition) is 6. The maximum absolute atomic E-state index is 13.8. The number of anilines is 1. The van der Waals surface area contributed by atoms with E-state index in [1.54, 1.807) is 0 Å². The van der Waals surface area contributed by atoms with Gasteiger partial charge in [0.2, 0.25) is 5.82 Å². The highest BCUT2D eigenvalue weighted by atomic mass is 16.2. The number of carbonyl (C=O) groups is 1. The molecule has 2 saturated heterocycles. The number of hydrogen-bond donors (Lipinski definition) is 0. The molecule has 0 aliphatic carbocycles. The second-order valence-corrected chi connectivity index (χ2v) is 10.4. The normalized spacial score (nSPS) is 20.9. The number of fused-ring (bicyclic) bond motifs is 2. The molecule has 9 nitrogen and oxygen atoms in total. The highest BCUT2D eigenvalue weighted by Crippen LogP contribution is 2.33. The van der Waals surface area contributed by atoms with E-state index in [0.717, 1.165) is 66.3 Å². The Morgan fingerprint density at radius 3 is 2.66 bits per heavy atom. The molecule has 1 amide bonds. The fraction of sp³-hybridized carbons (Fsp3) is 0.500. The van der Waals surface area contributed by atoms with Gasteiger partial charge in [-0.2, -0.15) is 5.10 Å². The number of aryl methyl sites for hydroxylation is 3. The van der Waals surface area contributed by atoms with Gasteiger partial charge in [0.15, 0.2) is 11.3 Å². The van der Waals surface area contributed by atoms with Crippen LogP contribution in [0.15, 0.2) is 24.4 Å². The van der Waals surface area contributed by atoms with Crippen molar-refractivity contribution in [1.29, 1.82) is 0 Å². The van der Waals surface area contributed by atoms with Gasteiger partial charge in [0.25, 0.3) is 5.91 Å². The van der Waals surface area contributed by atoms with E-state index >= 15 is 0 Å². The summed E-state index contributed by atoms with van der Waals surface area (Å²) in [6.07, 6.45) is 6.17. The van der Waals surface area contributed by atoms with E-state index in [4.69, 9.17) is 10.1 Å². The molecule has 0 radical (unpaired) electrons. The van der Waals surface area contributed by atoms with Gasteiger partial charge in [0, 0.05) is 43.2 Å². The minimum Gasteiger partial charge on any atom is -0.356 e. The van der Waals surface area contributed by atoms with E-state index in [1.165, 1.54) is 6.42 Å². The Labute approximate surface area is 204 Å². The number of amides is 1. The van der Waals surface area contributed by atoms with Crippen molar-refractivity contribution in [3.8, 4) is 0 Å². The van der Waals surface area contributed by atoms with Crippen LogP contribution in [0.2, 0.25) is 0 Å². The molecule has 4 aromatic rings. The number of carbonyl (C=O) groups excluding carboxylic acids is 1. The van der Waals surface area contributed by atoms with Crippen LogP contribution in [0.4, 0.5) is 5.82 Å². The van der Waals surface area contributed by atoms with Crippen molar-refractivity contribution in [2.75, 3.05) is 24.5 Å². The summed E-state index contributed by atoms with van der Waals surface area (Å²) in [6, 6.07) is 5.95. The zero-order valence-corrected chi connectivity index (χ0v) is 20.9. The summed E-state index contributed by atoms with van der Waals surface area (Å²) >= 11 is 0. The van der Waals surface area contributed by atoms with Gasteiger partial charge in [0.05, 0.1) is 11.7 Å². The first kappa shape index (κ1) is 22.0. The third-order valence-electron chi connectivity index (χ3n) is 7.48. The van der Waals surface area contributed by atoms with Crippen molar-refractivity contribution >= 4 is 23.0 Å². The maximum Gasteiger partial charge on any atom is 0.292 e. The average molecular weight is 473 g/mol. The summed E-state index contributed by atoms with van der Waals surface area (Å²) in [5.41, 5.74) is 5.61. The van der Waals surface area contributed by atoms with Crippen molar-refractivity contribution in [2.45, 2.75) is 59.4 Å². The van der Waals surface area contributed by atoms with E-state index < -0.39 is 0 Å². The zero-order valence-electron chi connectivity index (χ0n) is 20.9. The molecule has 2 aliphatic rings. The summed E-state index contributed by atoms with van der Waals surface area (Å²) in [4.78, 5) is 23.1. The third-order valence-corrected chi connectivity index (χ3v) is 7.48. The first-order valence-corrected chi connectivity index (χ1v) is 12.6. The van der Waals surface area contributed by atoms with E-state index in [-0.39, 0.29) is 11.9 Å². The summed E-state index contributed by atoms with van der Waals surface area (Å²) in [7, 11) is 0. The minimum absolute atomic E-state index is 0.0953. The van der Waals surface area contributed by atoms with Crippen molar-refractivity contribution in [1.82, 2.24) is 34.1 Å². The third kappa shape index (κ3) is 3.73. The van der Waals surface area contributed by atoms with Crippen LogP contribution in [0.5, 0.6) is 0 Å². The summed E-state index contributed by atoms with van der Waals surface area (Å²) in [5, 5.41) is 13.5. The SMILES string of the molecule is Cc1cc(C)n2c(C(=O)N3CCCC[C@H]3c3cc4nc(N5CC[C@H](C)C5)c(C)cn4n3)nnc2c1. The van der Waals surface area contributed by atoms with Crippen LogP contribution in [0.3, 0.4) is 0 Å². The van der Waals surface area contributed by atoms with Gasteiger partial charge in [0.1, 0.15) is 5.82 Å². The number of piperidine rings is 1. The molecular formula is C26H32N8O. The quantitative estimate of drug-likeness (QED) is 0.450. The molecule has 182 valence electrons. The highest BCUT2D eigenvalue weighted by Gasteiger charge is 2.33. The Kier molecular flexibility index (Phi) is 5.23. The summed E-state index contributed by atoms with van der Waals surface area (Å²) in [5.74, 6) is 2.01. The number of likely N-dealkylation sites (tertiary alicyclic amines) is 1. The lowest BCUT2D eigenvalue weighted by Gasteiger charge is -2.34. The molecule has 0 spiro atoms. The molecular weight excluding hydrogens is 440 g/mol. The monoisotopic (exact) mass is 472 g/mol. The number of nitrogens with zero attached hydrogens (tertiary/aromatic N) is 8. The molecule has 0 unspecified atom stereocenters. The lowest BCUT2D eigenvalue weighted by atomic mass is 9.99. The Morgan fingerprint density at radius 2 is 1.86 bits per heavy atom. The number of pyridine rings is 1. The van der Waals surface area contributed by atoms with Gasteiger partial charge in [-0.05, 0) is 70.1 Å². The average Bonchev–Trinajstić information content (AvgIpc) is 3.56. The fourth-order valence-electron chi connectivity index (χ4n) is 5.76. The van der Waals surface area contributed by atoms with Crippen molar-refractivity contribution in [3.63, 3.8) is 0 Å². The predicted molar refractivity (Wildman–Crippen MR) is 134 cm³/mol. The lowest BCUT2D eigenvalue weighted by molar-refractivity contribution is 0.0591. The van der Waals surface area contributed by atoms with Crippen LogP contribution < -0.4 is 4.90 Å². The molecule has 0 saturated carbocycles. The number of aromatic nitrogens is 6. The van der Waals surface area contributed by atoms with Crippen LogP contribution >= 0.6 is 0 Å². The molecule has 0 aromatic carbocycles. The Bertz CT molecular complexity index is 1440. The Hall–Kier alpha value is -3.49. The molecule has 0 bridgehead atoms. The standard InChI is InChI=1S/C26H32N8O/c1-16-8-10-31(14-16)24-18(3)15-33-22(27-24)13-20(30-33)21-7-5-6-9-32(21)26(35)25-29-28-23-12-17(2)11-19(4)34(23)25/h11-13,15-16,21H,5-10,14H2,1-4H3/t16-,21-/m0/s1. The van der Waals surface area contributed by atoms with E-state index in [2.05, 4.69) is 47.3 Å².